The predicted molar refractivity (Wildman–Crippen MR) is 75.2 cm³/mol. The molecule has 0 aliphatic heterocycles. The Morgan fingerprint density at radius 3 is 2.55 bits per heavy atom. The average molecular weight is 302 g/mol. The average Bonchev–Trinajstić information content (AvgIpc) is 2.52. The van der Waals surface area contributed by atoms with Gasteiger partial charge in [0, 0.05) is 25.0 Å². The van der Waals surface area contributed by atoms with Gasteiger partial charge in [-0.15, -0.1) is 0 Å². The number of benzene rings is 1. The van der Waals surface area contributed by atoms with Crippen LogP contribution in [0.1, 0.15) is 15.9 Å². The zero-order valence-corrected chi connectivity index (χ0v) is 11.1. The van der Waals surface area contributed by atoms with E-state index in [9.17, 15) is 25.0 Å². The number of hydrogen-bond donors (Lipinski definition) is 1. The van der Waals surface area contributed by atoms with Crippen molar-refractivity contribution in [1.82, 2.24) is 10.3 Å². The second kappa shape index (κ2) is 6.39. The van der Waals surface area contributed by atoms with Gasteiger partial charge in [0.15, 0.2) is 0 Å². The van der Waals surface area contributed by atoms with Gasteiger partial charge >= 0.3 is 0 Å². The number of rotatable bonds is 5. The Balaban J connectivity index is 2.22. The summed E-state index contributed by atoms with van der Waals surface area (Å²) in [4.78, 5) is 35.9. The van der Waals surface area contributed by atoms with E-state index in [2.05, 4.69) is 10.3 Å². The van der Waals surface area contributed by atoms with E-state index in [0.717, 1.165) is 23.8 Å². The van der Waals surface area contributed by atoms with E-state index in [4.69, 9.17) is 0 Å². The summed E-state index contributed by atoms with van der Waals surface area (Å²) in [6.45, 7) is 0.140. The zero-order valence-electron chi connectivity index (χ0n) is 11.1. The summed E-state index contributed by atoms with van der Waals surface area (Å²) in [6.07, 6.45) is 3.12. The number of pyridine rings is 1. The SMILES string of the molecule is O=C(NCc1cccnc1)c1ccc([N+](=O)[O-])cc1[N+](=O)[O-]. The lowest BCUT2D eigenvalue weighted by Gasteiger charge is -2.05. The van der Waals surface area contributed by atoms with Crippen LogP contribution in [-0.2, 0) is 6.54 Å². The van der Waals surface area contributed by atoms with Gasteiger partial charge in [-0.2, -0.15) is 0 Å². The van der Waals surface area contributed by atoms with Crippen LogP contribution < -0.4 is 5.32 Å². The topological polar surface area (TPSA) is 128 Å². The molecule has 0 unspecified atom stereocenters. The Morgan fingerprint density at radius 2 is 1.95 bits per heavy atom. The number of nitro groups is 2. The quantitative estimate of drug-likeness (QED) is 0.662. The van der Waals surface area contributed by atoms with Gasteiger partial charge in [0.25, 0.3) is 17.3 Å². The molecule has 1 heterocycles. The van der Waals surface area contributed by atoms with Crippen molar-refractivity contribution >= 4 is 17.3 Å². The number of hydrogen-bond acceptors (Lipinski definition) is 6. The van der Waals surface area contributed by atoms with Crippen LogP contribution in [0, 0.1) is 20.2 Å². The van der Waals surface area contributed by atoms with Gasteiger partial charge in [0.05, 0.1) is 15.9 Å². The monoisotopic (exact) mass is 302 g/mol. The normalized spacial score (nSPS) is 10.0. The minimum atomic E-state index is -0.827. The van der Waals surface area contributed by atoms with Gasteiger partial charge in [-0.25, -0.2) is 0 Å². The molecule has 2 aromatic rings. The van der Waals surface area contributed by atoms with Crippen LogP contribution in [0.3, 0.4) is 0 Å². The Hall–Kier alpha value is -3.36. The summed E-state index contributed by atoms with van der Waals surface area (Å²) in [6, 6.07) is 6.30. The van der Waals surface area contributed by atoms with Gasteiger partial charge < -0.3 is 5.32 Å². The van der Waals surface area contributed by atoms with Crippen LogP contribution in [0.15, 0.2) is 42.7 Å². The Morgan fingerprint density at radius 1 is 1.18 bits per heavy atom. The van der Waals surface area contributed by atoms with Crippen molar-refractivity contribution in [1.29, 1.82) is 0 Å². The highest BCUT2D eigenvalue weighted by Gasteiger charge is 2.23. The van der Waals surface area contributed by atoms with Crippen molar-refractivity contribution in [3.05, 3.63) is 74.1 Å². The zero-order chi connectivity index (χ0) is 16.1. The first-order valence-electron chi connectivity index (χ1n) is 6.09. The molecule has 0 radical (unpaired) electrons. The maximum Gasteiger partial charge on any atom is 0.289 e. The van der Waals surface area contributed by atoms with Gasteiger partial charge in [-0.05, 0) is 17.7 Å². The summed E-state index contributed by atoms with van der Waals surface area (Å²) in [5.41, 5.74) is -0.576. The molecule has 2 rings (SSSR count). The van der Waals surface area contributed by atoms with Gasteiger partial charge in [0.1, 0.15) is 5.56 Å². The molecule has 0 aliphatic rings. The standard InChI is InChI=1S/C13H10N4O5/c18-13(15-8-9-2-1-5-14-7-9)11-4-3-10(16(19)20)6-12(11)17(21)22/h1-7H,8H2,(H,15,18). The lowest BCUT2D eigenvalue weighted by molar-refractivity contribution is -0.394. The number of nitrogens with zero attached hydrogens (tertiary/aromatic N) is 3. The van der Waals surface area contributed by atoms with E-state index in [1.807, 2.05) is 0 Å². The molecule has 1 N–H and O–H groups in total. The number of aromatic nitrogens is 1. The first-order valence-corrected chi connectivity index (χ1v) is 6.09. The number of nitrogens with one attached hydrogen (secondary N) is 1. The highest BCUT2D eigenvalue weighted by atomic mass is 16.6. The summed E-state index contributed by atoms with van der Waals surface area (Å²) in [7, 11) is 0. The van der Waals surface area contributed by atoms with E-state index < -0.39 is 27.1 Å². The summed E-state index contributed by atoms with van der Waals surface area (Å²) in [5, 5.41) is 24.1. The molecular formula is C13H10N4O5. The fourth-order valence-electron chi connectivity index (χ4n) is 1.76. The first-order chi connectivity index (χ1) is 10.5. The molecule has 1 aromatic carbocycles. The van der Waals surface area contributed by atoms with E-state index in [0.29, 0.717) is 0 Å². The van der Waals surface area contributed by atoms with E-state index in [-0.39, 0.29) is 12.1 Å². The molecular weight excluding hydrogens is 292 g/mol. The Labute approximate surface area is 123 Å². The molecule has 0 aliphatic carbocycles. The molecule has 0 saturated carbocycles. The lowest BCUT2D eigenvalue weighted by Crippen LogP contribution is -2.23. The molecule has 1 aromatic heterocycles. The van der Waals surface area contributed by atoms with Crippen LogP contribution in [0.25, 0.3) is 0 Å². The van der Waals surface area contributed by atoms with Crippen LogP contribution in [0.5, 0.6) is 0 Å². The van der Waals surface area contributed by atoms with Crippen molar-refractivity contribution in [3.8, 4) is 0 Å². The van der Waals surface area contributed by atoms with Gasteiger partial charge in [-0.1, -0.05) is 6.07 Å². The largest absolute Gasteiger partial charge is 0.348 e. The molecule has 0 saturated heterocycles. The molecule has 0 atom stereocenters. The Kier molecular flexibility index (Phi) is 4.37. The fraction of sp³-hybridized carbons (Fsp3) is 0.0769. The minimum absolute atomic E-state index is 0.140. The molecule has 0 bridgehead atoms. The van der Waals surface area contributed by atoms with Crippen molar-refractivity contribution in [2.24, 2.45) is 0 Å². The molecule has 0 fully saturated rings. The summed E-state index contributed by atoms with van der Waals surface area (Å²) in [5.74, 6) is -0.689. The molecule has 1 amide bonds. The number of carbonyl (C=O) groups is 1. The van der Waals surface area contributed by atoms with E-state index in [1.165, 1.54) is 0 Å². The van der Waals surface area contributed by atoms with E-state index in [1.54, 1.807) is 24.5 Å². The van der Waals surface area contributed by atoms with Crippen LogP contribution in [-0.4, -0.2) is 20.7 Å². The second-order valence-electron chi connectivity index (χ2n) is 4.26. The van der Waals surface area contributed by atoms with Crippen LogP contribution in [0.4, 0.5) is 11.4 Å². The molecule has 112 valence electrons. The maximum absolute atomic E-state index is 12.0. The second-order valence-corrected chi connectivity index (χ2v) is 4.26. The van der Waals surface area contributed by atoms with Crippen molar-refractivity contribution in [2.45, 2.75) is 6.54 Å². The van der Waals surface area contributed by atoms with Crippen LogP contribution in [0.2, 0.25) is 0 Å². The molecule has 9 nitrogen and oxygen atoms in total. The summed E-state index contributed by atoms with van der Waals surface area (Å²) >= 11 is 0. The number of amides is 1. The third-order valence-corrected chi connectivity index (χ3v) is 2.81. The fourth-order valence-corrected chi connectivity index (χ4v) is 1.76. The van der Waals surface area contributed by atoms with Crippen molar-refractivity contribution in [3.63, 3.8) is 0 Å². The minimum Gasteiger partial charge on any atom is -0.348 e. The number of nitro benzene ring substituents is 2. The van der Waals surface area contributed by atoms with Gasteiger partial charge in [0.2, 0.25) is 0 Å². The first kappa shape index (κ1) is 15.0. The molecule has 0 spiro atoms. The number of non-ortho nitro benzene ring substituents is 1. The highest BCUT2D eigenvalue weighted by Crippen LogP contribution is 2.24. The smallest absolute Gasteiger partial charge is 0.289 e. The van der Waals surface area contributed by atoms with E-state index >= 15 is 0 Å². The van der Waals surface area contributed by atoms with Crippen molar-refractivity contribution < 1.29 is 14.6 Å². The number of carbonyl (C=O) groups excluding carboxylic acids is 1. The Bertz CT molecular complexity index is 732. The van der Waals surface area contributed by atoms with Crippen LogP contribution >= 0.6 is 0 Å². The third kappa shape index (κ3) is 3.39. The lowest BCUT2D eigenvalue weighted by atomic mass is 10.1. The third-order valence-electron chi connectivity index (χ3n) is 2.81. The molecule has 9 heteroatoms. The summed E-state index contributed by atoms with van der Waals surface area (Å²) < 4.78 is 0. The van der Waals surface area contributed by atoms with Gasteiger partial charge in [-0.3, -0.25) is 30.0 Å². The molecule has 22 heavy (non-hydrogen) atoms. The maximum atomic E-state index is 12.0. The highest BCUT2D eigenvalue weighted by molar-refractivity contribution is 5.98. The van der Waals surface area contributed by atoms with Crippen molar-refractivity contribution in [2.75, 3.05) is 0 Å². The predicted octanol–water partition coefficient (Wildman–Crippen LogP) is 1.83.